The van der Waals surface area contributed by atoms with Gasteiger partial charge in [-0.15, -0.1) is 0 Å². The van der Waals surface area contributed by atoms with Crippen LogP contribution in [0.15, 0.2) is 70.6 Å². The number of anilines is 1. The summed E-state index contributed by atoms with van der Waals surface area (Å²) in [5, 5.41) is 0. The fraction of sp³-hybridized carbons (Fsp3) is 0.417. The van der Waals surface area contributed by atoms with E-state index in [1.54, 1.807) is 12.1 Å². The SMILES string of the molecule is CC1=C(C2=C(C3CCC3)C(F)=CCC2)C=CCC1N(C)c1ccccc1F. The molecule has 1 unspecified atom stereocenters. The molecule has 0 saturated heterocycles. The van der Waals surface area contributed by atoms with E-state index in [0.717, 1.165) is 37.7 Å². The van der Waals surface area contributed by atoms with Gasteiger partial charge in [-0.2, -0.15) is 0 Å². The molecule has 142 valence electrons. The van der Waals surface area contributed by atoms with Crippen LogP contribution >= 0.6 is 0 Å². The summed E-state index contributed by atoms with van der Waals surface area (Å²) >= 11 is 0. The average molecular weight is 367 g/mol. The van der Waals surface area contributed by atoms with E-state index in [4.69, 9.17) is 0 Å². The molecule has 1 saturated carbocycles. The normalized spacial score (nSPS) is 23.4. The van der Waals surface area contributed by atoms with Gasteiger partial charge in [0, 0.05) is 7.05 Å². The second-order valence-corrected chi connectivity index (χ2v) is 7.92. The summed E-state index contributed by atoms with van der Waals surface area (Å²) in [5.41, 5.74) is 5.12. The Labute approximate surface area is 160 Å². The first-order chi connectivity index (χ1) is 13.1. The third kappa shape index (κ3) is 3.28. The van der Waals surface area contributed by atoms with Gasteiger partial charge in [0.1, 0.15) is 11.6 Å². The highest BCUT2D eigenvalue weighted by Crippen LogP contribution is 2.45. The minimum absolute atomic E-state index is 0.0146. The predicted octanol–water partition coefficient (Wildman–Crippen LogP) is 6.65. The lowest BCUT2D eigenvalue weighted by molar-refractivity contribution is 0.355. The molecular formula is C24H27F2N. The van der Waals surface area contributed by atoms with E-state index in [1.165, 1.54) is 29.2 Å². The van der Waals surface area contributed by atoms with Crippen LogP contribution in [0.5, 0.6) is 0 Å². The Morgan fingerprint density at radius 1 is 1.11 bits per heavy atom. The number of hydrogen-bond donors (Lipinski definition) is 0. The minimum Gasteiger partial charge on any atom is -0.365 e. The zero-order chi connectivity index (χ0) is 19.0. The lowest BCUT2D eigenvalue weighted by Gasteiger charge is -2.36. The van der Waals surface area contributed by atoms with Crippen LogP contribution in [-0.4, -0.2) is 13.1 Å². The van der Waals surface area contributed by atoms with Crippen LogP contribution in [0.2, 0.25) is 0 Å². The van der Waals surface area contributed by atoms with Gasteiger partial charge in [-0.3, -0.25) is 0 Å². The molecule has 1 aromatic carbocycles. The number of para-hydroxylation sites is 1. The summed E-state index contributed by atoms with van der Waals surface area (Å²) in [6, 6.07) is 7.00. The van der Waals surface area contributed by atoms with E-state index in [1.807, 2.05) is 24.1 Å². The first-order valence-corrected chi connectivity index (χ1v) is 10.0. The second kappa shape index (κ2) is 7.46. The van der Waals surface area contributed by atoms with Crippen molar-refractivity contribution in [1.29, 1.82) is 0 Å². The van der Waals surface area contributed by atoms with Crippen molar-refractivity contribution < 1.29 is 8.78 Å². The summed E-state index contributed by atoms with van der Waals surface area (Å²) in [4.78, 5) is 2.02. The number of likely N-dealkylation sites (N-methyl/N-ethyl adjacent to an activating group) is 1. The Kier molecular flexibility index (Phi) is 5.03. The van der Waals surface area contributed by atoms with Gasteiger partial charge in [0.15, 0.2) is 0 Å². The fourth-order valence-electron chi connectivity index (χ4n) is 4.65. The number of nitrogens with zero attached hydrogens (tertiary/aromatic N) is 1. The fourth-order valence-corrected chi connectivity index (χ4v) is 4.65. The molecule has 1 atom stereocenters. The zero-order valence-electron chi connectivity index (χ0n) is 16.1. The van der Waals surface area contributed by atoms with Gasteiger partial charge in [-0.1, -0.05) is 30.7 Å². The summed E-state index contributed by atoms with van der Waals surface area (Å²) in [6.45, 7) is 2.13. The molecule has 3 aliphatic rings. The highest BCUT2D eigenvalue weighted by molar-refractivity contribution is 5.58. The molecule has 0 N–H and O–H groups in total. The number of allylic oxidation sites excluding steroid dienone is 6. The van der Waals surface area contributed by atoms with Crippen LogP contribution < -0.4 is 4.90 Å². The minimum atomic E-state index is -0.204. The monoisotopic (exact) mass is 367 g/mol. The summed E-state index contributed by atoms with van der Waals surface area (Å²) < 4.78 is 29.0. The Bertz CT molecular complexity index is 855. The van der Waals surface area contributed by atoms with Crippen LogP contribution in [0.25, 0.3) is 0 Å². The van der Waals surface area contributed by atoms with Crippen molar-refractivity contribution in [3.63, 3.8) is 0 Å². The van der Waals surface area contributed by atoms with E-state index in [0.29, 0.717) is 11.6 Å². The molecule has 0 heterocycles. The van der Waals surface area contributed by atoms with Gasteiger partial charge in [-0.05, 0) is 85.4 Å². The molecule has 0 radical (unpaired) electrons. The molecule has 27 heavy (non-hydrogen) atoms. The largest absolute Gasteiger partial charge is 0.365 e. The van der Waals surface area contributed by atoms with Crippen LogP contribution in [-0.2, 0) is 0 Å². The highest BCUT2D eigenvalue weighted by atomic mass is 19.1. The third-order valence-electron chi connectivity index (χ3n) is 6.41. The number of hydrogen-bond acceptors (Lipinski definition) is 1. The van der Waals surface area contributed by atoms with Crippen molar-refractivity contribution in [2.75, 3.05) is 11.9 Å². The lowest BCUT2D eigenvalue weighted by Crippen LogP contribution is -2.35. The van der Waals surface area contributed by atoms with Gasteiger partial charge in [0.05, 0.1) is 11.7 Å². The number of halogens is 2. The second-order valence-electron chi connectivity index (χ2n) is 7.92. The van der Waals surface area contributed by atoms with Crippen molar-refractivity contribution in [2.45, 2.75) is 51.5 Å². The standard InChI is InChI=1S/C24H27F2N/c1-16-18(19-11-6-13-21(26)24(19)17-8-5-9-17)10-7-15-22(16)27(2)23-14-4-3-12-20(23)25/h3-4,7,10,12-14,17,22H,5-6,8-9,11,15H2,1-2H3. The van der Waals surface area contributed by atoms with E-state index in [2.05, 4.69) is 19.1 Å². The average Bonchev–Trinajstić information content (AvgIpc) is 2.62. The summed E-state index contributed by atoms with van der Waals surface area (Å²) in [5.74, 6) is 0.152. The molecule has 3 aliphatic carbocycles. The van der Waals surface area contributed by atoms with Crippen molar-refractivity contribution >= 4 is 5.69 Å². The number of benzene rings is 1. The van der Waals surface area contributed by atoms with Gasteiger partial charge in [-0.25, -0.2) is 8.78 Å². The lowest BCUT2D eigenvalue weighted by atomic mass is 9.72. The molecule has 1 fully saturated rings. The van der Waals surface area contributed by atoms with Crippen molar-refractivity contribution in [3.8, 4) is 0 Å². The first-order valence-electron chi connectivity index (χ1n) is 10.0. The van der Waals surface area contributed by atoms with Crippen LogP contribution in [0, 0.1) is 11.7 Å². The van der Waals surface area contributed by atoms with Crippen molar-refractivity contribution in [2.24, 2.45) is 5.92 Å². The Morgan fingerprint density at radius 3 is 2.59 bits per heavy atom. The van der Waals surface area contributed by atoms with Crippen LogP contribution in [0.3, 0.4) is 0 Å². The van der Waals surface area contributed by atoms with Crippen LogP contribution in [0.4, 0.5) is 14.5 Å². The van der Waals surface area contributed by atoms with Crippen molar-refractivity contribution in [1.82, 2.24) is 0 Å². The molecule has 0 aromatic heterocycles. The molecule has 1 nitrogen and oxygen atoms in total. The quantitative estimate of drug-likeness (QED) is 0.576. The molecule has 4 rings (SSSR count). The highest BCUT2D eigenvalue weighted by Gasteiger charge is 2.32. The molecule has 0 aliphatic heterocycles. The maximum absolute atomic E-state index is 14.7. The van der Waals surface area contributed by atoms with E-state index >= 15 is 0 Å². The molecule has 0 spiro atoms. The molecule has 3 heteroatoms. The smallest absolute Gasteiger partial charge is 0.146 e. The molecule has 0 amide bonds. The maximum Gasteiger partial charge on any atom is 0.146 e. The molecule has 1 aromatic rings. The predicted molar refractivity (Wildman–Crippen MR) is 108 cm³/mol. The van der Waals surface area contributed by atoms with Crippen molar-refractivity contribution in [3.05, 3.63) is 76.4 Å². The summed E-state index contributed by atoms with van der Waals surface area (Å²) in [7, 11) is 1.95. The maximum atomic E-state index is 14.7. The van der Waals surface area contributed by atoms with Gasteiger partial charge < -0.3 is 4.90 Å². The van der Waals surface area contributed by atoms with E-state index in [-0.39, 0.29) is 17.7 Å². The van der Waals surface area contributed by atoms with Crippen LogP contribution in [0.1, 0.15) is 45.4 Å². The molecular weight excluding hydrogens is 340 g/mol. The third-order valence-corrected chi connectivity index (χ3v) is 6.41. The Balaban J connectivity index is 1.73. The zero-order valence-corrected chi connectivity index (χ0v) is 16.1. The van der Waals surface area contributed by atoms with E-state index in [9.17, 15) is 8.78 Å². The summed E-state index contributed by atoms with van der Waals surface area (Å²) in [6.07, 6.45) is 11.9. The van der Waals surface area contributed by atoms with Gasteiger partial charge >= 0.3 is 0 Å². The topological polar surface area (TPSA) is 3.24 Å². The van der Waals surface area contributed by atoms with Gasteiger partial charge in [0.2, 0.25) is 0 Å². The number of rotatable bonds is 4. The Hall–Kier alpha value is -2.16. The van der Waals surface area contributed by atoms with Gasteiger partial charge in [0.25, 0.3) is 0 Å². The Morgan fingerprint density at radius 2 is 1.89 bits per heavy atom. The van der Waals surface area contributed by atoms with E-state index < -0.39 is 0 Å². The first kappa shape index (κ1) is 18.2. The molecule has 0 bridgehead atoms.